The normalized spacial score (nSPS) is 13.2. The van der Waals surface area contributed by atoms with Crippen molar-refractivity contribution in [3.8, 4) is 0 Å². The van der Waals surface area contributed by atoms with Gasteiger partial charge in [-0.05, 0) is 25.8 Å². The molecule has 0 bridgehead atoms. The summed E-state index contributed by atoms with van der Waals surface area (Å²) >= 11 is 0. The number of nitrogens with zero attached hydrogens (tertiary/aromatic N) is 2. The fourth-order valence-electron chi connectivity index (χ4n) is 2.03. The second-order valence-electron chi connectivity index (χ2n) is 5.45. The van der Waals surface area contributed by atoms with Gasteiger partial charge in [0.15, 0.2) is 0 Å². The van der Waals surface area contributed by atoms with Gasteiger partial charge in [-0.3, -0.25) is 9.48 Å². The number of rotatable bonds is 7. The molecule has 0 saturated heterocycles. The molecular weight excluding hydrogens is 318 g/mol. The number of benzene rings is 1. The number of aliphatic carboxylic acids is 1. The monoisotopic (exact) mass is 337 g/mol. The molecule has 23 heavy (non-hydrogen) atoms. The molecule has 2 aromatic rings. The van der Waals surface area contributed by atoms with Crippen LogP contribution in [0.25, 0.3) is 0 Å². The first-order valence-corrected chi connectivity index (χ1v) is 8.61. The predicted octanol–water partition coefficient (Wildman–Crippen LogP) is 1.44. The summed E-state index contributed by atoms with van der Waals surface area (Å²) in [4.78, 5) is 11.3. The Morgan fingerprint density at radius 3 is 2.48 bits per heavy atom. The Bertz CT molecular complexity index is 769. The Balaban J connectivity index is 2.19. The molecule has 1 heterocycles. The number of nitrogens with one attached hydrogen (secondary N) is 1. The SMILES string of the molecule is CC(C)n1cc(S(=O)(=O)N[C@@H](Cc2ccccc2)C(=O)O)cn1. The van der Waals surface area contributed by atoms with Crippen LogP contribution >= 0.6 is 0 Å². The number of hydrogen-bond donors (Lipinski definition) is 2. The third-order valence-electron chi connectivity index (χ3n) is 3.30. The Morgan fingerprint density at radius 2 is 1.96 bits per heavy atom. The first-order chi connectivity index (χ1) is 10.8. The van der Waals surface area contributed by atoms with Gasteiger partial charge >= 0.3 is 5.97 Å². The van der Waals surface area contributed by atoms with Crippen molar-refractivity contribution in [3.63, 3.8) is 0 Å². The van der Waals surface area contributed by atoms with Gasteiger partial charge in [0.05, 0.1) is 6.20 Å². The molecule has 1 aromatic heterocycles. The average molecular weight is 337 g/mol. The van der Waals surface area contributed by atoms with Crippen LogP contribution in [0, 0.1) is 0 Å². The van der Waals surface area contributed by atoms with E-state index in [9.17, 15) is 18.3 Å². The van der Waals surface area contributed by atoms with Crippen molar-refractivity contribution in [3.05, 3.63) is 48.3 Å². The van der Waals surface area contributed by atoms with Crippen LogP contribution in [-0.2, 0) is 21.2 Å². The minimum atomic E-state index is -3.95. The zero-order valence-electron chi connectivity index (χ0n) is 12.9. The second-order valence-corrected chi connectivity index (χ2v) is 7.17. The van der Waals surface area contributed by atoms with Gasteiger partial charge < -0.3 is 5.11 Å². The van der Waals surface area contributed by atoms with Crippen molar-refractivity contribution >= 4 is 16.0 Å². The summed E-state index contributed by atoms with van der Waals surface area (Å²) in [6.07, 6.45) is 2.66. The summed E-state index contributed by atoms with van der Waals surface area (Å²) in [6, 6.07) is 7.62. The highest BCUT2D eigenvalue weighted by molar-refractivity contribution is 7.89. The molecule has 0 unspecified atom stereocenters. The molecule has 0 aliphatic carbocycles. The molecule has 2 N–H and O–H groups in total. The Kier molecular flexibility index (Phi) is 5.17. The maximum atomic E-state index is 12.3. The molecule has 0 aliphatic rings. The molecule has 7 nitrogen and oxygen atoms in total. The van der Waals surface area contributed by atoms with E-state index in [2.05, 4.69) is 9.82 Å². The van der Waals surface area contributed by atoms with Crippen LogP contribution in [0.2, 0.25) is 0 Å². The number of carbonyl (C=O) groups is 1. The van der Waals surface area contributed by atoms with Gasteiger partial charge in [0.1, 0.15) is 10.9 Å². The molecule has 0 saturated carbocycles. The first kappa shape index (κ1) is 17.2. The van der Waals surface area contributed by atoms with Crippen molar-refractivity contribution in [1.82, 2.24) is 14.5 Å². The minimum absolute atomic E-state index is 0.0125. The van der Waals surface area contributed by atoms with Gasteiger partial charge in [0, 0.05) is 12.2 Å². The van der Waals surface area contributed by atoms with Crippen LogP contribution in [0.1, 0.15) is 25.5 Å². The zero-order chi connectivity index (χ0) is 17.0. The number of carboxylic acid groups (broad SMARTS) is 1. The van der Waals surface area contributed by atoms with Crippen molar-refractivity contribution in [2.24, 2.45) is 0 Å². The molecule has 0 fully saturated rings. The molecule has 2 rings (SSSR count). The third-order valence-corrected chi connectivity index (χ3v) is 4.72. The summed E-state index contributed by atoms with van der Waals surface area (Å²) < 4.78 is 28.4. The standard InChI is InChI=1S/C15H19N3O4S/c1-11(2)18-10-13(9-16-18)23(21,22)17-14(15(19)20)8-12-6-4-3-5-7-12/h3-7,9-11,14,17H,8H2,1-2H3,(H,19,20)/t14-/m0/s1. The highest BCUT2D eigenvalue weighted by atomic mass is 32.2. The van der Waals surface area contributed by atoms with E-state index in [-0.39, 0.29) is 17.4 Å². The molecule has 1 atom stereocenters. The lowest BCUT2D eigenvalue weighted by Gasteiger charge is -2.14. The number of carboxylic acids is 1. The molecular formula is C15H19N3O4S. The predicted molar refractivity (Wildman–Crippen MR) is 84.5 cm³/mol. The number of sulfonamides is 1. The smallest absolute Gasteiger partial charge is 0.322 e. The van der Waals surface area contributed by atoms with Crippen LogP contribution in [0.5, 0.6) is 0 Å². The third kappa shape index (κ3) is 4.40. The Hall–Kier alpha value is -2.19. The lowest BCUT2D eigenvalue weighted by molar-refractivity contribution is -0.138. The molecule has 0 amide bonds. The van der Waals surface area contributed by atoms with Gasteiger partial charge in [0.2, 0.25) is 10.0 Å². The van der Waals surface area contributed by atoms with E-state index in [1.54, 1.807) is 24.3 Å². The maximum absolute atomic E-state index is 12.3. The van der Waals surface area contributed by atoms with Gasteiger partial charge in [0.25, 0.3) is 0 Å². The van der Waals surface area contributed by atoms with Crippen LogP contribution in [0.3, 0.4) is 0 Å². The van der Waals surface area contributed by atoms with Crippen LogP contribution < -0.4 is 4.72 Å². The Morgan fingerprint density at radius 1 is 1.30 bits per heavy atom. The van der Waals surface area contributed by atoms with E-state index in [4.69, 9.17) is 0 Å². The van der Waals surface area contributed by atoms with Crippen molar-refractivity contribution in [2.45, 2.75) is 37.2 Å². The maximum Gasteiger partial charge on any atom is 0.322 e. The van der Waals surface area contributed by atoms with Crippen molar-refractivity contribution in [1.29, 1.82) is 0 Å². The van der Waals surface area contributed by atoms with Crippen LogP contribution in [0.15, 0.2) is 47.6 Å². The van der Waals surface area contributed by atoms with Gasteiger partial charge in [-0.1, -0.05) is 30.3 Å². The Labute approximate surface area is 135 Å². The van der Waals surface area contributed by atoms with E-state index in [1.165, 1.54) is 17.1 Å². The van der Waals surface area contributed by atoms with E-state index in [0.717, 1.165) is 5.56 Å². The fraction of sp³-hybridized carbons (Fsp3) is 0.333. The van der Waals surface area contributed by atoms with Gasteiger partial charge in [-0.2, -0.15) is 9.82 Å². The van der Waals surface area contributed by atoms with Crippen LogP contribution in [0.4, 0.5) is 0 Å². The lowest BCUT2D eigenvalue weighted by Crippen LogP contribution is -2.42. The molecule has 8 heteroatoms. The number of aromatic nitrogens is 2. The molecule has 0 radical (unpaired) electrons. The zero-order valence-corrected chi connectivity index (χ0v) is 13.7. The second kappa shape index (κ2) is 6.93. The molecule has 124 valence electrons. The van der Waals surface area contributed by atoms with E-state index < -0.39 is 22.0 Å². The molecule has 0 aliphatic heterocycles. The van der Waals surface area contributed by atoms with Gasteiger partial charge in [-0.15, -0.1) is 0 Å². The summed E-state index contributed by atoms with van der Waals surface area (Å²) in [6.45, 7) is 3.73. The van der Waals surface area contributed by atoms with Crippen molar-refractivity contribution in [2.75, 3.05) is 0 Å². The summed E-state index contributed by atoms with van der Waals surface area (Å²) in [5.41, 5.74) is 0.737. The van der Waals surface area contributed by atoms with E-state index in [1.807, 2.05) is 19.9 Å². The van der Waals surface area contributed by atoms with E-state index >= 15 is 0 Å². The summed E-state index contributed by atoms with van der Waals surface area (Å²) in [7, 11) is -3.95. The number of hydrogen-bond acceptors (Lipinski definition) is 4. The largest absolute Gasteiger partial charge is 0.480 e. The van der Waals surface area contributed by atoms with Crippen LogP contribution in [-0.4, -0.2) is 35.3 Å². The minimum Gasteiger partial charge on any atom is -0.480 e. The van der Waals surface area contributed by atoms with Crippen molar-refractivity contribution < 1.29 is 18.3 Å². The quantitative estimate of drug-likeness (QED) is 0.796. The summed E-state index contributed by atoms with van der Waals surface area (Å²) in [5, 5.41) is 13.3. The molecule has 1 aromatic carbocycles. The summed E-state index contributed by atoms with van der Waals surface area (Å²) in [5.74, 6) is -1.23. The first-order valence-electron chi connectivity index (χ1n) is 7.13. The average Bonchev–Trinajstić information content (AvgIpc) is 2.98. The lowest BCUT2D eigenvalue weighted by atomic mass is 10.1. The topological polar surface area (TPSA) is 101 Å². The molecule has 0 spiro atoms. The fourth-order valence-corrected chi connectivity index (χ4v) is 3.15. The highest BCUT2D eigenvalue weighted by Gasteiger charge is 2.26. The van der Waals surface area contributed by atoms with Gasteiger partial charge in [-0.25, -0.2) is 8.42 Å². The highest BCUT2D eigenvalue weighted by Crippen LogP contribution is 2.13. The van der Waals surface area contributed by atoms with E-state index in [0.29, 0.717) is 0 Å².